The maximum atomic E-state index is 12.1. The van der Waals surface area contributed by atoms with Crippen LogP contribution in [0.25, 0.3) is 0 Å². The van der Waals surface area contributed by atoms with E-state index in [0.717, 1.165) is 11.3 Å². The van der Waals surface area contributed by atoms with Crippen molar-refractivity contribution in [3.05, 3.63) is 66.2 Å². The molecule has 6 heteroatoms. The second-order valence-corrected chi connectivity index (χ2v) is 5.17. The van der Waals surface area contributed by atoms with E-state index in [1.54, 1.807) is 49.6 Å². The Balaban J connectivity index is 1.98. The molecule has 0 saturated carbocycles. The second kappa shape index (κ2) is 9.88. The fourth-order valence-corrected chi connectivity index (χ4v) is 2.13. The number of rotatable bonds is 9. The average Bonchev–Trinajstić information content (AvgIpc) is 2.67. The highest BCUT2D eigenvalue weighted by molar-refractivity contribution is 5.95. The van der Waals surface area contributed by atoms with Gasteiger partial charge in [-0.1, -0.05) is 12.7 Å². The summed E-state index contributed by atoms with van der Waals surface area (Å²) in [6, 6.07) is 12.2. The molecule has 0 aliphatic carbocycles. The quantitative estimate of drug-likeness (QED) is 0.426. The van der Waals surface area contributed by atoms with Gasteiger partial charge in [0.2, 0.25) is 0 Å². The molecule has 2 aromatic carbocycles. The van der Waals surface area contributed by atoms with Crippen molar-refractivity contribution in [3.8, 4) is 17.2 Å². The van der Waals surface area contributed by atoms with Crippen LogP contribution in [0.1, 0.15) is 22.8 Å². The van der Waals surface area contributed by atoms with Crippen LogP contribution in [0.15, 0.2) is 60.2 Å². The lowest BCUT2D eigenvalue weighted by molar-refractivity contribution is 0.0955. The van der Waals surface area contributed by atoms with E-state index < -0.39 is 0 Å². The van der Waals surface area contributed by atoms with E-state index in [4.69, 9.17) is 14.2 Å². The molecule has 6 nitrogen and oxygen atoms in total. The molecule has 1 amide bonds. The number of nitrogens with zero attached hydrogens (tertiary/aromatic N) is 1. The molecule has 2 rings (SSSR count). The normalized spacial score (nSPS) is 10.4. The molecule has 0 aliphatic heterocycles. The number of hydrogen-bond acceptors (Lipinski definition) is 5. The molecule has 0 aromatic heterocycles. The Hall–Kier alpha value is -3.28. The smallest absolute Gasteiger partial charge is 0.271 e. The van der Waals surface area contributed by atoms with E-state index in [1.165, 1.54) is 6.21 Å². The van der Waals surface area contributed by atoms with Crippen LogP contribution in [-0.2, 0) is 0 Å². The van der Waals surface area contributed by atoms with E-state index >= 15 is 0 Å². The van der Waals surface area contributed by atoms with Crippen molar-refractivity contribution in [1.29, 1.82) is 0 Å². The molecule has 136 valence electrons. The number of carbonyl (C=O) groups is 1. The molecule has 0 heterocycles. The number of methoxy groups -OCH3 is 1. The van der Waals surface area contributed by atoms with E-state index in [9.17, 15) is 4.79 Å². The summed E-state index contributed by atoms with van der Waals surface area (Å²) >= 11 is 0. The van der Waals surface area contributed by atoms with Crippen LogP contribution in [0.2, 0.25) is 0 Å². The van der Waals surface area contributed by atoms with Crippen LogP contribution in [0.5, 0.6) is 17.2 Å². The minimum absolute atomic E-state index is 0.304. The predicted molar refractivity (Wildman–Crippen MR) is 101 cm³/mol. The summed E-state index contributed by atoms with van der Waals surface area (Å²) in [6.07, 6.45) is 3.19. The van der Waals surface area contributed by atoms with Crippen LogP contribution in [0, 0.1) is 0 Å². The third-order valence-electron chi connectivity index (χ3n) is 3.35. The maximum absolute atomic E-state index is 12.1. The van der Waals surface area contributed by atoms with Gasteiger partial charge in [-0.15, -0.1) is 0 Å². The van der Waals surface area contributed by atoms with Crippen molar-refractivity contribution in [3.63, 3.8) is 0 Å². The van der Waals surface area contributed by atoms with Gasteiger partial charge in [0.15, 0.2) is 11.5 Å². The predicted octanol–water partition coefficient (Wildman–Crippen LogP) is 3.42. The molecule has 0 radical (unpaired) electrons. The standard InChI is InChI=1S/C20H22N2O4/c1-4-12-26-18-11-6-15(13-19(18)24-3)14-21-22-20(23)16-7-9-17(10-8-16)25-5-2/h4,6-11,13-14H,1,5,12H2,2-3H3,(H,22,23)/b21-14-. The van der Waals surface area contributed by atoms with E-state index in [1.807, 2.05) is 13.0 Å². The lowest BCUT2D eigenvalue weighted by Gasteiger charge is -2.09. The molecule has 2 aromatic rings. The van der Waals surface area contributed by atoms with Gasteiger partial charge in [-0.25, -0.2) is 5.43 Å². The zero-order valence-corrected chi connectivity index (χ0v) is 14.9. The van der Waals surface area contributed by atoms with Gasteiger partial charge in [-0.2, -0.15) is 5.10 Å². The first-order valence-electron chi connectivity index (χ1n) is 8.16. The molecule has 0 aliphatic rings. The van der Waals surface area contributed by atoms with E-state index in [0.29, 0.717) is 30.3 Å². The second-order valence-electron chi connectivity index (χ2n) is 5.17. The van der Waals surface area contributed by atoms with Crippen molar-refractivity contribution in [2.75, 3.05) is 20.3 Å². The van der Waals surface area contributed by atoms with Crippen LogP contribution in [0.4, 0.5) is 0 Å². The number of hydrazone groups is 1. The number of amides is 1. The number of carbonyl (C=O) groups excluding carboxylic acids is 1. The summed E-state index contributed by atoms with van der Waals surface area (Å²) in [4.78, 5) is 12.1. The van der Waals surface area contributed by atoms with Gasteiger partial charge < -0.3 is 14.2 Å². The molecule has 1 N–H and O–H groups in total. The van der Waals surface area contributed by atoms with Crippen molar-refractivity contribution in [2.45, 2.75) is 6.92 Å². The van der Waals surface area contributed by atoms with Crippen LogP contribution in [-0.4, -0.2) is 32.4 Å². The lowest BCUT2D eigenvalue weighted by Crippen LogP contribution is -2.17. The summed E-state index contributed by atoms with van der Waals surface area (Å²) < 4.78 is 16.1. The van der Waals surface area contributed by atoms with Gasteiger partial charge in [0, 0.05) is 5.56 Å². The molecule has 0 bridgehead atoms. The Kier molecular flexibility index (Phi) is 7.24. The van der Waals surface area contributed by atoms with E-state index in [2.05, 4.69) is 17.1 Å². The van der Waals surface area contributed by atoms with Crippen molar-refractivity contribution >= 4 is 12.1 Å². The van der Waals surface area contributed by atoms with Crippen molar-refractivity contribution in [1.82, 2.24) is 5.43 Å². The summed E-state index contributed by atoms with van der Waals surface area (Å²) in [5, 5.41) is 3.98. The highest BCUT2D eigenvalue weighted by Gasteiger charge is 2.06. The number of nitrogens with one attached hydrogen (secondary N) is 1. The van der Waals surface area contributed by atoms with E-state index in [-0.39, 0.29) is 5.91 Å². The third kappa shape index (κ3) is 5.37. The fourth-order valence-electron chi connectivity index (χ4n) is 2.13. The van der Waals surface area contributed by atoms with Gasteiger partial charge >= 0.3 is 0 Å². The first-order valence-corrected chi connectivity index (χ1v) is 8.16. The molecule has 26 heavy (non-hydrogen) atoms. The molecule has 0 saturated heterocycles. The topological polar surface area (TPSA) is 69.2 Å². The zero-order valence-electron chi connectivity index (χ0n) is 14.9. The van der Waals surface area contributed by atoms with Gasteiger partial charge in [-0.3, -0.25) is 4.79 Å². The van der Waals surface area contributed by atoms with Crippen molar-refractivity contribution in [2.24, 2.45) is 5.10 Å². The van der Waals surface area contributed by atoms with Gasteiger partial charge in [-0.05, 0) is 55.0 Å². The van der Waals surface area contributed by atoms with Gasteiger partial charge in [0.05, 0.1) is 19.9 Å². The highest BCUT2D eigenvalue weighted by atomic mass is 16.5. The number of benzene rings is 2. The maximum Gasteiger partial charge on any atom is 0.271 e. The Morgan fingerprint density at radius 2 is 1.92 bits per heavy atom. The third-order valence-corrected chi connectivity index (χ3v) is 3.35. The summed E-state index contributed by atoms with van der Waals surface area (Å²) in [6.45, 7) is 6.49. The van der Waals surface area contributed by atoms with Crippen molar-refractivity contribution < 1.29 is 19.0 Å². The van der Waals surface area contributed by atoms with Crippen LogP contribution < -0.4 is 19.6 Å². The molecule has 0 unspecified atom stereocenters. The number of hydrogen-bond donors (Lipinski definition) is 1. The highest BCUT2D eigenvalue weighted by Crippen LogP contribution is 2.27. The van der Waals surface area contributed by atoms with Crippen LogP contribution in [0.3, 0.4) is 0 Å². The molecule has 0 spiro atoms. The monoisotopic (exact) mass is 354 g/mol. The van der Waals surface area contributed by atoms with Gasteiger partial charge in [0.1, 0.15) is 12.4 Å². The minimum atomic E-state index is -0.304. The summed E-state index contributed by atoms with van der Waals surface area (Å²) in [5.41, 5.74) is 3.75. The Labute approximate surface area is 153 Å². The average molecular weight is 354 g/mol. The largest absolute Gasteiger partial charge is 0.494 e. The van der Waals surface area contributed by atoms with Crippen LogP contribution >= 0.6 is 0 Å². The zero-order chi connectivity index (χ0) is 18.8. The molecule has 0 atom stereocenters. The SMILES string of the molecule is C=CCOc1ccc(/C=N\NC(=O)c2ccc(OCC)cc2)cc1OC. The first kappa shape index (κ1) is 19.1. The van der Waals surface area contributed by atoms with Gasteiger partial charge in [0.25, 0.3) is 5.91 Å². The molecular formula is C20H22N2O4. The number of ether oxygens (including phenoxy) is 3. The molecular weight excluding hydrogens is 332 g/mol. The lowest BCUT2D eigenvalue weighted by atomic mass is 10.2. The molecule has 0 fully saturated rings. The Bertz CT molecular complexity index is 770. The summed E-state index contributed by atoms with van der Waals surface area (Å²) in [7, 11) is 1.56. The minimum Gasteiger partial charge on any atom is -0.494 e. The first-order chi connectivity index (χ1) is 12.7. The Morgan fingerprint density at radius 1 is 1.15 bits per heavy atom. The fraction of sp³-hybridized carbons (Fsp3) is 0.200. The summed E-state index contributed by atoms with van der Waals surface area (Å²) in [5.74, 6) is 1.61. The Morgan fingerprint density at radius 3 is 2.58 bits per heavy atom.